The molecule has 0 unspecified atom stereocenters. The normalized spacial score (nSPS) is 16.5. The van der Waals surface area contributed by atoms with Crippen LogP contribution in [0.3, 0.4) is 0 Å². The molecule has 30 heavy (non-hydrogen) atoms. The van der Waals surface area contributed by atoms with Crippen LogP contribution >= 0.6 is 0 Å². The van der Waals surface area contributed by atoms with Crippen LogP contribution in [0, 0.1) is 0 Å². The molecule has 1 fully saturated rings. The Morgan fingerprint density at radius 2 is 1.67 bits per heavy atom. The fourth-order valence-corrected chi connectivity index (χ4v) is 4.78. The third-order valence-electron chi connectivity index (χ3n) is 6.39. The number of hydrogen-bond acceptors (Lipinski definition) is 3. The first kappa shape index (κ1) is 18.7. The minimum atomic E-state index is -0.111. The lowest BCUT2D eigenvalue weighted by Gasteiger charge is -2.33. The van der Waals surface area contributed by atoms with E-state index < -0.39 is 0 Å². The van der Waals surface area contributed by atoms with E-state index in [0.29, 0.717) is 17.0 Å². The van der Waals surface area contributed by atoms with E-state index >= 15 is 0 Å². The predicted molar refractivity (Wildman–Crippen MR) is 121 cm³/mol. The van der Waals surface area contributed by atoms with Crippen molar-refractivity contribution in [2.24, 2.45) is 0 Å². The summed E-state index contributed by atoms with van der Waals surface area (Å²) in [5.41, 5.74) is 4.04. The second-order valence-electron chi connectivity index (χ2n) is 8.32. The number of ether oxygens (including phenoxy) is 1. The molecule has 4 nitrogen and oxygen atoms in total. The third-order valence-corrected chi connectivity index (χ3v) is 6.39. The van der Waals surface area contributed by atoms with Crippen LogP contribution in [-0.4, -0.2) is 12.5 Å². The molecule has 152 valence electrons. The van der Waals surface area contributed by atoms with Gasteiger partial charge in [-0.1, -0.05) is 49.6 Å². The SMILES string of the molecule is O=C(Nc1ccccc1Oc1ccccc1)c1ccc2c(c1)C1(CCCCC1)CN2. The molecule has 3 aromatic rings. The minimum Gasteiger partial charge on any atom is -0.455 e. The number of para-hydroxylation sites is 3. The zero-order valence-electron chi connectivity index (χ0n) is 17.0. The van der Waals surface area contributed by atoms with E-state index in [-0.39, 0.29) is 11.3 Å². The van der Waals surface area contributed by atoms with Gasteiger partial charge in [-0.25, -0.2) is 0 Å². The van der Waals surface area contributed by atoms with Gasteiger partial charge in [0.2, 0.25) is 0 Å². The van der Waals surface area contributed by atoms with Gasteiger partial charge in [-0.15, -0.1) is 0 Å². The molecule has 0 bridgehead atoms. The van der Waals surface area contributed by atoms with Crippen molar-refractivity contribution in [3.8, 4) is 11.5 Å². The zero-order chi connectivity index (χ0) is 20.4. The number of fused-ring (bicyclic) bond motifs is 2. The first-order valence-corrected chi connectivity index (χ1v) is 10.8. The molecule has 1 saturated carbocycles. The maximum atomic E-state index is 13.1. The standard InChI is InChI=1S/C26H26N2O2/c29-25(28-23-11-5-6-12-24(23)30-20-9-3-1-4-10-20)19-13-14-22-21(17-19)26(18-27-22)15-7-2-8-16-26/h1,3-6,9-14,17,27H,2,7-8,15-16,18H2,(H,28,29). The van der Waals surface area contributed by atoms with Crippen molar-refractivity contribution in [2.75, 3.05) is 17.2 Å². The molecule has 0 aromatic heterocycles. The number of amides is 1. The van der Waals surface area contributed by atoms with Gasteiger partial charge in [-0.05, 0) is 60.9 Å². The Morgan fingerprint density at radius 1 is 0.900 bits per heavy atom. The smallest absolute Gasteiger partial charge is 0.255 e. The lowest BCUT2D eigenvalue weighted by atomic mass is 9.70. The maximum Gasteiger partial charge on any atom is 0.255 e. The van der Waals surface area contributed by atoms with Crippen LogP contribution in [0.1, 0.15) is 48.0 Å². The molecule has 0 atom stereocenters. The van der Waals surface area contributed by atoms with Crippen LogP contribution in [0.4, 0.5) is 11.4 Å². The van der Waals surface area contributed by atoms with Crippen LogP contribution in [0.5, 0.6) is 11.5 Å². The summed E-state index contributed by atoms with van der Waals surface area (Å²) in [7, 11) is 0. The van der Waals surface area contributed by atoms with E-state index in [1.54, 1.807) is 0 Å². The van der Waals surface area contributed by atoms with E-state index in [0.717, 1.165) is 12.3 Å². The summed E-state index contributed by atoms with van der Waals surface area (Å²) in [6.07, 6.45) is 6.25. The molecule has 1 amide bonds. The number of carbonyl (C=O) groups excluding carboxylic acids is 1. The van der Waals surface area contributed by atoms with Gasteiger partial charge in [-0.3, -0.25) is 4.79 Å². The van der Waals surface area contributed by atoms with Gasteiger partial charge < -0.3 is 15.4 Å². The lowest BCUT2D eigenvalue weighted by molar-refractivity contribution is 0.102. The number of benzene rings is 3. The highest BCUT2D eigenvalue weighted by Crippen LogP contribution is 2.46. The van der Waals surface area contributed by atoms with Crippen LogP contribution < -0.4 is 15.4 Å². The fraction of sp³-hybridized carbons (Fsp3) is 0.269. The van der Waals surface area contributed by atoms with E-state index in [1.807, 2.05) is 60.7 Å². The average Bonchev–Trinajstić information content (AvgIpc) is 3.13. The molecule has 1 heterocycles. The summed E-state index contributed by atoms with van der Waals surface area (Å²) in [5, 5.41) is 6.61. The van der Waals surface area contributed by atoms with Crippen LogP contribution in [0.15, 0.2) is 72.8 Å². The average molecular weight is 399 g/mol. The van der Waals surface area contributed by atoms with Gasteiger partial charge in [-0.2, -0.15) is 0 Å². The van der Waals surface area contributed by atoms with Crippen LogP contribution in [-0.2, 0) is 5.41 Å². The summed E-state index contributed by atoms with van der Waals surface area (Å²) in [6.45, 7) is 0.987. The zero-order valence-corrected chi connectivity index (χ0v) is 17.0. The number of rotatable bonds is 4. The number of hydrogen-bond donors (Lipinski definition) is 2. The Balaban J connectivity index is 1.39. The molecule has 1 spiro atoms. The first-order valence-electron chi connectivity index (χ1n) is 10.8. The molecule has 2 aliphatic rings. The molecular formula is C26H26N2O2. The van der Waals surface area contributed by atoms with Crippen molar-refractivity contribution >= 4 is 17.3 Å². The molecule has 4 heteroatoms. The van der Waals surface area contributed by atoms with Gasteiger partial charge in [0.15, 0.2) is 5.75 Å². The van der Waals surface area contributed by atoms with E-state index in [4.69, 9.17) is 4.74 Å². The lowest BCUT2D eigenvalue weighted by Crippen LogP contribution is -2.31. The van der Waals surface area contributed by atoms with Crippen molar-refractivity contribution in [3.63, 3.8) is 0 Å². The molecule has 0 radical (unpaired) electrons. The van der Waals surface area contributed by atoms with Crippen molar-refractivity contribution in [1.82, 2.24) is 0 Å². The van der Waals surface area contributed by atoms with Crippen molar-refractivity contribution in [1.29, 1.82) is 0 Å². The fourth-order valence-electron chi connectivity index (χ4n) is 4.78. The second-order valence-corrected chi connectivity index (χ2v) is 8.32. The highest BCUT2D eigenvalue weighted by Gasteiger charge is 2.39. The van der Waals surface area contributed by atoms with Gasteiger partial charge >= 0.3 is 0 Å². The number of nitrogens with one attached hydrogen (secondary N) is 2. The van der Waals surface area contributed by atoms with Crippen molar-refractivity contribution in [2.45, 2.75) is 37.5 Å². The Bertz CT molecular complexity index is 1050. The molecule has 0 saturated heterocycles. The Kier molecular flexibility index (Phi) is 4.91. The highest BCUT2D eigenvalue weighted by atomic mass is 16.5. The largest absolute Gasteiger partial charge is 0.455 e. The minimum absolute atomic E-state index is 0.111. The molecular weight excluding hydrogens is 372 g/mol. The predicted octanol–water partition coefficient (Wildman–Crippen LogP) is 6.36. The van der Waals surface area contributed by atoms with Crippen molar-refractivity contribution in [3.05, 3.63) is 83.9 Å². The van der Waals surface area contributed by atoms with Crippen molar-refractivity contribution < 1.29 is 9.53 Å². The highest BCUT2D eigenvalue weighted by molar-refractivity contribution is 6.05. The monoisotopic (exact) mass is 398 g/mol. The summed E-state index contributed by atoms with van der Waals surface area (Å²) in [5.74, 6) is 1.26. The number of anilines is 2. The Labute approximate surface area is 177 Å². The molecule has 2 N–H and O–H groups in total. The summed E-state index contributed by atoms with van der Waals surface area (Å²) < 4.78 is 5.99. The Morgan fingerprint density at radius 3 is 2.50 bits per heavy atom. The summed E-state index contributed by atoms with van der Waals surface area (Å²) >= 11 is 0. The maximum absolute atomic E-state index is 13.1. The van der Waals surface area contributed by atoms with Crippen LogP contribution in [0.25, 0.3) is 0 Å². The van der Waals surface area contributed by atoms with Gasteiger partial charge in [0, 0.05) is 23.2 Å². The van der Waals surface area contributed by atoms with Gasteiger partial charge in [0.25, 0.3) is 5.91 Å². The van der Waals surface area contributed by atoms with E-state index in [9.17, 15) is 4.79 Å². The second kappa shape index (κ2) is 7.86. The van der Waals surface area contributed by atoms with E-state index in [1.165, 1.54) is 43.4 Å². The molecule has 1 aliphatic heterocycles. The molecule has 5 rings (SSSR count). The molecule has 1 aliphatic carbocycles. The van der Waals surface area contributed by atoms with Gasteiger partial charge in [0.05, 0.1) is 5.69 Å². The van der Waals surface area contributed by atoms with E-state index in [2.05, 4.69) is 22.8 Å². The van der Waals surface area contributed by atoms with Gasteiger partial charge in [0.1, 0.15) is 5.75 Å². The van der Waals surface area contributed by atoms with Crippen LogP contribution in [0.2, 0.25) is 0 Å². The Hall–Kier alpha value is -3.27. The first-order chi connectivity index (χ1) is 14.7. The third kappa shape index (κ3) is 3.54. The topological polar surface area (TPSA) is 50.4 Å². The summed E-state index contributed by atoms with van der Waals surface area (Å²) in [4.78, 5) is 13.1. The summed E-state index contributed by atoms with van der Waals surface area (Å²) in [6, 6.07) is 23.2. The number of carbonyl (C=O) groups is 1. The quantitative estimate of drug-likeness (QED) is 0.538. The molecule has 3 aromatic carbocycles.